The SMILES string of the molecule is CC1(C)c2cc(CCC(O)CO)ccc2C(=O)c2c1oc1ccccc21. The highest BCUT2D eigenvalue weighted by Gasteiger charge is 2.41. The van der Waals surface area contributed by atoms with Crippen molar-refractivity contribution in [2.45, 2.75) is 38.2 Å². The Labute approximate surface area is 152 Å². The van der Waals surface area contributed by atoms with Crippen LogP contribution in [0.2, 0.25) is 0 Å². The average molecular weight is 350 g/mol. The Morgan fingerprint density at radius 3 is 2.69 bits per heavy atom. The minimum atomic E-state index is -0.720. The number of hydrogen-bond acceptors (Lipinski definition) is 4. The molecule has 1 aromatic heterocycles. The number of carbonyl (C=O) groups is 1. The van der Waals surface area contributed by atoms with Crippen molar-refractivity contribution in [2.75, 3.05) is 6.61 Å². The molecule has 1 heterocycles. The van der Waals surface area contributed by atoms with E-state index in [4.69, 9.17) is 9.52 Å². The van der Waals surface area contributed by atoms with E-state index in [0.717, 1.165) is 22.1 Å². The van der Waals surface area contributed by atoms with Crippen LogP contribution in [0.15, 0.2) is 46.9 Å². The van der Waals surface area contributed by atoms with Gasteiger partial charge in [-0.3, -0.25) is 4.79 Å². The van der Waals surface area contributed by atoms with Gasteiger partial charge in [0.05, 0.1) is 18.3 Å². The molecule has 4 rings (SSSR count). The minimum absolute atomic E-state index is 0.00113. The van der Waals surface area contributed by atoms with Crippen LogP contribution in [0.4, 0.5) is 0 Å². The van der Waals surface area contributed by atoms with Crippen LogP contribution in [-0.2, 0) is 11.8 Å². The van der Waals surface area contributed by atoms with E-state index in [0.29, 0.717) is 29.7 Å². The minimum Gasteiger partial charge on any atom is -0.459 e. The fourth-order valence-corrected chi connectivity index (χ4v) is 3.85. The van der Waals surface area contributed by atoms with E-state index in [-0.39, 0.29) is 12.4 Å². The molecule has 134 valence electrons. The summed E-state index contributed by atoms with van der Waals surface area (Å²) < 4.78 is 6.09. The Kier molecular flexibility index (Phi) is 3.98. The van der Waals surface area contributed by atoms with Crippen LogP contribution in [0.3, 0.4) is 0 Å². The maximum atomic E-state index is 13.2. The number of hydrogen-bond donors (Lipinski definition) is 2. The summed E-state index contributed by atoms with van der Waals surface area (Å²) in [5.74, 6) is 0.713. The third kappa shape index (κ3) is 2.49. The van der Waals surface area contributed by atoms with E-state index in [1.54, 1.807) is 0 Å². The Hall–Kier alpha value is -2.43. The molecule has 0 saturated heterocycles. The van der Waals surface area contributed by atoms with Crippen molar-refractivity contribution in [3.05, 3.63) is 70.5 Å². The zero-order chi connectivity index (χ0) is 18.5. The smallest absolute Gasteiger partial charge is 0.197 e. The van der Waals surface area contributed by atoms with Crippen molar-refractivity contribution in [3.8, 4) is 0 Å². The van der Waals surface area contributed by atoms with Crippen LogP contribution in [-0.4, -0.2) is 28.7 Å². The summed E-state index contributed by atoms with van der Waals surface area (Å²) in [6.45, 7) is 3.91. The molecule has 1 unspecified atom stereocenters. The first-order chi connectivity index (χ1) is 12.4. The van der Waals surface area contributed by atoms with Gasteiger partial charge >= 0.3 is 0 Å². The maximum absolute atomic E-state index is 13.2. The van der Waals surface area contributed by atoms with E-state index in [1.165, 1.54) is 0 Å². The quantitative estimate of drug-likeness (QED) is 0.754. The van der Waals surface area contributed by atoms with Gasteiger partial charge in [0.25, 0.3) is 0 Å². The number of ketones is 1. The highest BCUT2D eigenvalue weighted by molar-refractivity contribution is 6.19. The highest BCUT2D eigenvalue weighted by Crippen LogP contribution is 2.45. The van der Waals surface area contributed by atoms with E-state index >= 15 is 0 Å². The summed E-state index contributed by atoms with van der Waals surface area (Å²) in [6, 6.07) is 13.5. The summed E-state index contributed by atoms with van der Waals surface area (Å²) in [5.41, 5.74) is 3.67. The molecule has 4 heteroatoms. The number of aryl methyl sites for hydroxylation is 1. The maximum Gasteiger partial charge on any atom is 0.197 e. The van der Waals surface area contributed by atoms with E-state index < -0.39 is 11.5 Å². The first kappa shape index (κ1) is 17.0. The van der Waals surface area contributed by atoms with Crippen molar-refractivity contribution in [1.82, 2.24) is 0 Å². The van der Waals surface area contributed by atoms with Crippen molar-refractivity contribution < 1.29 is 19.4 Å². The molecular weight excluding hydrogens is 328 g/mol. The number of aliphatic hydroxyl groups excluding tert-OH is 2. The van der Waals surface area contributed by atoms with Crippen LogP contribution in [0, 0.1) is 0 Å². The number of aliphatic hydroxyl groups is 2. The predicted octanol–water partition coefficient (Wildman–Crippen LogP) is 3.59. The summed E-state index contributed by atoms with van der Waals surface area (Å²) in [5, 5.41) is 19.5. The molecule has 4 nitrogen and oxygen atoms in total. The zero-order valence-corrected chi connectivity index (χ0v) is 15.0. The number of para-hydroxylation sites is 1. The number of benzene rings is 2. The molecule has 2 aromatic carbocycles. The molecule has 2 N–H and O–H groups in total. The Bertz CT molecular complexity index is 997. The second-order valence-corrected chi connectivity index (χ2v) is 7.51. The lowest BCUT2D eigenvalue weighted by molar-refractivity contribution is 0.0885. The molecule has 1 atom stereocenters. The van der Waals surface area contributed by atoms with Crippen LogP contribution in [0.5, 0.6) is 0 Å². The molecular formula is C22H22O4. The summed E-state index contributed by atoms with van der Waals surface area (Å²) in [6.07, 6.45) is 0.411. The van der Waals surface area contributed by atoms with Crippen LogP contribution >= 0.6 is 0 Å². The summed E-state index contributed by atoms with van der Waals surface area (Å²) in [4.78, 5) is 13.2. The summed E-state index contributed by atoms with van der Waals surface area (Å²) >= 11 is 0. The van der Waals surface area contributed by atoms with E-state index in [1.807, 2.05) is 42.5 Å². The first-order valence-corrected chi connectivity index (χ1v) is 8.92. The van der Waals surface area contributed by atoms with Gasteiger partial charge in [0.15, 0.2) is 5.78 Å². The molecule has 26 heavy (non-hydrogen) atoms. The van der Waals surface area contributed by atoms with Gasteiger partial charge in [-0.15, -0.1) is 0 Å². The second kappa shape index (κ2) is 6.08. The van der Waals surface area contributed by atoms with Crippen LogP contribution < -0.4 is 0 Å². The molecule has 0 radical (unpaired) electrons. The fourth-order valence-electron chi connectivity index (χ4n) is 3.85. The lowest BCUT2D eigenvalue weighted by atomic mass is 9.71. The second-order valence-electron chi connectivity index (χ2n) is 7.51. The van der Waals surface area contributed by atoms with Gasteiger partial charge < -0.3 is 14.6 Å². The molecule has 1 aliphatic carbocycles. The topological polar surface area (TPSA) is 70.7 Å². The summed E-state index contributed by atoms with van der Waals surface area (Å²) in [7, 11) is 0. The molecule has 3 aromatic rings. The van der Waals surface area contributed by atoms with E-state index in [2.05, 4.69) is 13.8 Å². The normalized spacial score (nSPS) is 16.4. The van der Waals surface area contributed by atoms with Crippen molar-refractivity contribution >= 4 is 16.8 Å². The van der Waals surface area contributed by atoms with Gasteiger partial charge in [0, 0.05) is 16.4 Å². The predicted molar refractivity (Wildman–Crippen MR) is 99.6 cm³/mol. The number of fused-ring (bicyclic) bond motifs is 4. The largest absolute Gasteiger partial charge is 0.459 e. The molecule has 0 saturated carbocycles. The third-order valence-electron chi connectivity index (χ3n) is 5.37. The Balaban J connectivity index is 1.82. The lowest BCUT2D eigenvalue weighted by Gasteiger charge is -2.31. The molecule has 0 aliphatic heterocycles. The van der Waals surface area contributed by atoms with Crippen molar-refractivity contribution in [3.63, 3.8) is 0 Å². The van der Waals surface area contributed by atoms with Gasteiger partial charge in [-0.25, -0.2) is 0 Å². The number of carbonyl (C=O) groups excluding carboxylic acids is 1. The molecule has 0 spiro atoms. The average Bonchev–Trinajstić information content (AvgIpc) is 3.05. The zero-order valence-electron chi connectivity index (χ0n) is 15.0. The van der Waals surface area contributed by atoms with Gasteiger partial charge in [-0.2, -0.15) is 0 Å². The molecule has 0 bridgehead atoms. The van der Waals surface area contributed by atoms with E-state index in [9.17, 15) is 9.90 Å². The Morgan fingerprint density at radius 2 is 1.92 bits per heavy atom. The van der Waals surface area contributed by atoms with Gasteiger partial charge in [0.1, 0.15) is 11.3 Å². The monoisotopic (exact) mass is 350 g/mol. The molecule has 1 aliphatic rings. The molecule has 0 fully saturated rings. The Morgan fingerprint density at radius 1 is 1.15 bits per heavy atom. The number of furan rings is 1. The van der Waals surface area contributed by atoms with Crippen LogP contribution in [0.25, 0.3) is 11.0 Å². The van der Waals surface area contributed by atoms with Crippen LogP contribution in [0.1, 0.15) is 53.1 Å². The van der Waals surface area contributed by atoms with Crippen molar-refractivity contribution in [1.29, 1.82) is 0 Å². The molecule has 0 amide bonds. The third-order valence-corrected chi connectivity index (χ3v) is 5.37. The fraction of sp³-hybridized carbons (Fsp3) is 0.318. The number of rotatable bonds is 4. The standard InChI is InChI=1S/C22H22O4/c1-22(2)17-11-13(7-9-14(24)12-23)8-10-15(17)20(25)19-16-5-3-4-6-18(16)26-21(19)22/h3-6,8,10-11,14,23-24H,7,9,12H2,1-2H3. The van der Waals surface area contributed by atoms with Gasteiger partial charge in [0.2, 0.25) is 0 Å². The highest BCUT2D eigenvalue weighted by atomic mass is 16.3. The van der Waals surface area contributed by atoms with Crippen molar-refractivity contribution in [2.24, 2.45) is 0 Å². The first-order valence-electron chi connectivity index (χ1n) is 8.92. The van der Waals surface area contributed by atoms with Gasteiger partial charge in [-0.1, -0.05) is 36.4 Å². The lowest BCUT2D eigenvalue weighted by Crippen LogP contribution is -2.29. The van der Waals surface area contributed by atoms with Gasteiger partial charge in [-0.05, 0) is 43.9 Å².